The summed E-state index contributed by atoms with van der Waals surface area (Å²) in [6.45, 7) is 10.5. The smallest absolute Gasteiger partial charge is 0.0601 e. The van der Waals surface area contributed by atoms with Crippen molar-refractivity contribution in [2.45, 2.75) is 58.7 Å². The fourth-order valence-electron chi connectivity index (χ4n) is 4.06. The van der Waals surface area contributed by atoms with Gasteiger partial charge in [-0.3, -0.25) is 0 Å². The molecule has 2 nitrogen and oxygen atoms in total. The topological polar surface area (TPSA) is 40.5 Å². The van der Waals surface area contributed by atoms with E-state index in [-0.39, 0.29) is 24.0 Å². The maximum Gasteiger partial charge on any atom is 0.0601 e. The van der Waals surface area contributed by atoms with Crippen molar-refractivity contribution >= 4 is 0 Å². The van der Waals surface area contributed by atoms with E-state index < -0.39 is 0 Å². The Bertz CT molecular complexity index is 359. The zero-order valence-electron chi connectivity index (χ0n) is 12.5. The normalized spacial score (nSPS) is 43.7. The van der Waals surface area contributed by atoms with Gasteiger partial charge in [-0.2, -0.15) is 0 Å². The van der Waals surface area contributed by atoms with Gasteiger partial charge in [0, 0.05) is 5.92 Å². The first-order valence-corrected chi connectivity index (χ1v) is 7.59. The summed E-state index contributed by atoms with van der Waals surface area (Å²) in [5.41, 5.74) is 2.58. The Kier molecular flexibility index (Phi) is 4.52. The number of rotatable bonds is 2. The average molecular weight is 264 g/mol. The van der Waals surface area contributed by atoms with Gasteiger partial charge in [0.15, 0.2) is 0 Å². The summed E-state index contributed by atoms with van der Waals surface area (Å²) in [5, 5.41) is 20.9. The van der Waals surface area contributed by atoms with Gasteiger partial charge in [-0.05, 0) is 57.3 Å². The second kappa shape index (κ2) is 5.80. The lowest BCUT2D eigenvalue weighted by Crippen LogP contribution is -2.45. The maximum atomic E-state index is 10.4. The van der Waals surface area contributed by atoms with Crippen LogP contribution in [-0.2, 0) is 0 Å². The molecule has 0 aromatic rings. The summed E-state index contributed by atoms with van der Waals surface area (Å²) in [4.78, 5) is 0. The minimum Gasteiger partial charge on any atom is -0.393 e. The molecule has 19 heavy (non-hydrogen) atoms. The molecule has 0 radical (unpaired) electrons. The Hall–Kier alpha value is -0.600. The molecule has 2 rings (SSSR count). The third-order valence-electron chi connectivity index (χ3n) is 5.05. The van der Waals surface area contributed by atoms with Crippen LogP contribution in [0, 0.1) is 23.7 Å². The molecular weight excluding hydrogens is 236 g/mol. The first-order valence-electron chi connectivity index (χ1n) is 7.59. The quantitative estimate of drug-likeness (QED) is 0.751. The highest BCUT2D eigenvalue weighted by molar-refractivity contribution is 5.16. The molecule has 0 aromatic carbocycles. The Balaban J connectivity index is 2.25. The Morgan fingerprint density at radius 2 is 1.84 bits per heavy atom. The van der Waals surface area contributed by atoms with Crippen LogP contribution in [0.1, 0.15) is 46.5 Å². The first kappa shape index (κ1) is 14.8. The van der Waals surface area contributed by atoms with Crippen LogP contribution < -0.4 is 0 Å². The van der Waals surface area contributed by atoms with Crippen LogP contribution in [0.3, 0.4) is 0 Å². The summed E-state index contributed by atoms with van der Waals surface area (Å²) in [6, 6.07) is 0. The Morgan fingerprint density at radius 3 is 2.37 bits per heavy atom. The summed E-state index contributed by atoms with van der Waals surface area (Å²) in [5.74, 6) is 1.06. The zero-order valence-corrected chi connectivity index (χ0v) is 12.5. The minimum absolute atomic E-state index is 0.0202. The molecule has 2 unspecified atom stereocenters. The lowest BCUT2D eigenvalue weighted by molar-refractivity contribution is -0.0674. The van der Waals surface area contributed by atoms with Gasteiger partial charge in [0.1, 0.15) is 0 Å². The van der Waals surface area contributed by atoms with Crippen LogP contribution >= 0.6 is 0 Å². The van der Waals surface area contributed by atoms with E-state index in [1.165, 1.54) is 11.1 Å². The third-order valence-corrected chi connectivity index (χ3v) is 5.05. The number of hydrogen-bond donors (Lipinski definition) is 2. The molecule has 4 atom stereocenters. The van der Waals surface area contributed by atoms with Crippen LogP contribution in [0.5, 0.6) is 0 Å². The fourth-order valence-corrected chi connectivity index (χ4v) is 4.06. The van der Waals surface area contributed by atoms with Gasteiger partial charge in [0.2, 0.25) is 0 Å². The fraction of sp³-hybridized carbons (Fsp3) is 0.765. The highest BCUT2D eigenvalue weighted by atomic mass is 16.3. The van der Waals surface area contributed by atoms with Crippen molar-refractivity contribution in [2.75, 3.05) is 0 Å². The molecule has 0 spiro atoms. The van der Waals surface area contributed by atoms with Crippen LogP contribution in [0.15, 0.2) is 23.8 Å². The second-order valence-electron chi connectivity index (χ2n) is 6.87. The number of allylic oxidation sites excluding steroid dienone is 3. The van der Waals surface area contributed by atoms with Crippen LogP contribution in [0.2, 0.25) is 0 Å². The lowest BCUT2D eigenvalue weighted by Gasteiger charge is -2.44. The van der Waals surface area contributed by atoms with E-state index in [0.717, 1.165) is 25.7 Å². The van der Waals surface area contributed by atoms with Gasteiger partial charge in [0.25, 0.3) is 0 Å². The van der Waals surface area contributed by atoms with Gasteiger partial charge in [0.05, 0.1) is 12.2 Å². The molecule has 2 aliphatic rings. The molecule has 0 bridgehead atoms. The van der Waals surface area contributed by atoms with E-state index in [2.05, 4.69) is 33.4 Å². The summed E-state index contributed by atoms with van der Waals surface area (Å²) >= 11 is 0. The molecule has 0 heterocycles. The SMILES string of the molecule is C=C(C)[C@@H]1CCC(C)=C[C@H]1C1C(O)CC(C)CC1O. The zero-order chi connectivity index (χ0) is 14.2. The largest absolute Gasteiger partial charge is 0.393 e. The summed E-state index contributed by atoms with van der Waals surface area (Å²) < 4.78 is 0. The van der Waals surface area contributed by atoms with Crippen LogP contribution in [0.4, 0.5) is 0 Å². The summed E-state index contributed by atoms with van der Waals surface area (Å²) in [7, 11) is 0. The van der Waals surface area contributed by atoms with E-state index in [1.54, 1.807) is 0 Å². The van der Waals surface area contributed by atoms with Crippen molar-refractivity contribution < 1.29 is 10.2 Å². The predicted molar refractivity (Wildman–Crippen MR) is 78.7 cm³/mol. The van der Waals surface area contributed by atoms with Crippen molar-refractivity contribution in [1.29, 1.82) is 0 Å². The first-order chi connectivity index (χ1) is 8.90. The molecule has 0 saturated heterocycles. The van der Waals surface area contributed by atoms with Crippen LogP contribution in [-0.4, -0.2) is 22.4 Å². The van der Waals surface area contributed by atoms with Crippen molar-refractivity contribution in [2.24, 2.45) is 23.7 Å². The maximum absolute atomic E-state index is 10.4. The van der Waals surface area contributed by atoms with Gasteiger partial charge in [-0.15, -0.1) is 0 Å². The van der Waals surface area contributed by atoms with Gasteiger partial charge in [-0.1, -0.05) is 30.7 Å². The van der Waals surface area contributed by atoms with E-state index in [1.807, 2.05) is 0 Å². The van der Waals surface area contributed by atoms with Gasteiger partial charge in [-0.25, -0.2) is 0 Å². The molecule has 0 aromatic heterocycles. The van der Waals surface area contributed by atoms with Crippen molar-refractivity contribution in [1.82, 2.24) is 0 Å². The van der Waals surface area contributed by atoms with E-state index in [4.69, 9.17) is 0 Å². The Morgan fingerprint density at radius 1 is 1.26 bits per heavy atom. The standard InChI is InChI=1S/C17H28O2/c1-10(2)13-6-5-11(3)7-14(13)17-15(18)8-12(4)9-16(17)19/h7,12-19H,1,5-6,8-9H2,2-4H3/t12?,13-,14+,15?,16?,17?/m0/s1. The van der Waals surface area contributed by atoms with E-state index >= 15 is 0 Å². The van der Waals surface area contributed by atoms with E-state index in [0.29, 0.717) is 11.8 Å². The van der Waals surface area contributed by atoms with Crippen LogP contribution in [0.25, 0.3) is 0 Å². The molecule has 2 aliphatic carbocycles. The van der Waals surface area contributed by atoms with Crippen molar-refractivity contribution in [3.8, 4) is 0 Å². The van der Waals surface area contributed by atoms with E-state index in [9.17, 15) is 10.2 Å². The summed E-state index contributed by atoms with van der Waals surface area (Å²) in [6.07, 6.45) is 5.37. The third kappa shape index (κ3) is 3.11. The average Bonchev–Trinajstić information content (AvgIpc) is 2.27. The predicted octanol–water partition coefficient (Wildman–Crippen LogP) is 3.30. The number of aliphatic hydroxyl groups excluding tert-OH is 2. The minimum atomic E-state index is -0.382. The molecule has 0 aliphatic heterocycles. The molecule has 1 fully saturated rings. The molecule has 2 N–H and O–H groups in total. The molecular formula is C17H28O2. The molecule has 1 saturated carbocycles. The molecule has 0 amide bonds. The number of hydrogen-bond acceptors (Lipinski definition) is 2. The van der Waals surface area contributed by atoms with Crippen molar-refractivity contribution in [3.63, 3.8) is 0 Å². The number of aliphatic hydroxyl groups is 2. The second-order valence-corrected chi connectivity index (χ2v) is 6.87. The highest BCUT2D eigenvalue weighted by Gasteiger charge is 2.42. The Labute approximate surface area is 117 Å². The van der Waals surface area contributed by atoms with Gasteiger partial charge >= 0.3 is 0 Å². The monoisotopic (exact) mass is 264 g/mol. The van der Waals surface area contributed by atoms with Crippen molar-refractivity contribution in [3.05, 3.63) is 23.8 Å². The molecule has 108 valence electrons. The lowest BCUT2D eigenvalue weighted by atomic mass is 9.64. The van der Waals surface area contributed by atoms with Gasteiger partial charge < -0.3 is 10.2 Å². The highest BCUT2D eigenvalue weighted by Crippen LogP contribution is 2.43. The molecule has 2 heteroatoms.